The fourth-order valence-corrected chi connectivity index (χ4v) is 4.68. The van der Waals surface area contributed by atoms with Gasteiger partial charge in [0.05, 0.1) is 29.3 Å². The molecule has 176 valence electrons. The van der Waals surface area contributed by atoms with Gasteiger partial charge >= 0.3 is 0 Å². The summed E-state index contributed by atoms with van der Waals surface area (Å²) in [6.45, 7) is 17.0. The molecule has 7 nitrogen and oxygen atoms in total. The molecule has 4 rings (SSSR count). The number of piperazine rings is 1. The fraction of sp³-hybridized carbons (Fsp3) is 0.480. The van der Waals surface area contributed by atoms with Crippen molar-refractivity contribution in [2.75, 3.05) is 31.5 Å². The highest BCUT2D eigenvalue weighted by atomic mass is 32.1. The minimum absolute atomic E-state index is 0.764. The Kier molecular flexibility index (Phi) is 7.14. The van der Waals surface area contributed by atoms with Crippen molar-refractivity contribution in [2.45, 2.75) is 54.3 Å². The lowest BCUT2D eigenvalue weighted by molar-refractivity contribution is 0.176. The van der Waals surface area contributed by atoms with Crippen molar-refractivity contribution < 1.29 is 0 Å². The van der Waals surface area contributed by atoms with Crippen LogP contribution in [0.3, 0.4) is 0 Å². The summed E-state index contributed by atoms with van der Waals surface area (Å²) in [5.41, 5.74) is 8.13. The molecular formula is C25H35N7S. The minimum atomic E-state index is 0.764. The summed E-state index contributed by atoms with van der Waals surface area (Å²) < 4.78 is 4.09. The lowest BCUT2D eigenvalue weighted by Gasteiger charge is -2.36. The van der Waals surface area contributed by atoms with Crippen LogP contribution < -0.4 is 5.32 Å². The van der Waals surface area contributed by atoms with Crippen molar-refractivity contribution >= 4 is 23.0 Å². The third-order valence-electron chi connectivity index (χ3n) is 6.62. The maximum Gasteiger partial charge on any atom is 0.173 e. The van der Waals surface area contributed by atoms with E-state index in [2.05, 4.69) is 83.1 Å². The van der Waals surface area contributed by atoms with Crippen molar-refractivity contribution in [3.05, 3.63) is 64.2 Å². The molecule has 1 N–H and O–H groups in total. The number of aromatic nitrogens is 4. The van der Waals surface area contributed by atoms with Crippen molar-refractivity contribution in [1.82, 2.24) is 29.4 Å². The first kappa shape index (κ1) is 23.4. The largest absolute Gasteiger partial charge is 0.346 e. The highest BCUT2D eigenvalue weighted by Crippen LogP contribution is 2.22. The predicted octanol–water partition coefficient (Wildman–Crippen LogP) is 3.90. The van der Waals surface area contributed by atoms with Gasteiger partial charge in [-0.05, 0) is 58.0 Å². The number of nitrogens with one attached hydrogen (secondary N) is 1. The van der Waals surface area contributed by atoms with Gasteiger partial charge in [-0.25, -0.2) is 0 Å². The van der Waals surface area contributed by atoms with E-state index in [1.807, 2.05) is 11.6 Å². The van der Waals surface area contributed by atoms with E-state index in [1.165, 1.54) is 16.7 Å². The van der Waals surface area contributed by atoms with Crippen LogP contribution in [0.25, 0.3) is 0 Å². The second-order valence-corrected chi connectivity index (χ2v) is 9.31. The third kappa shape index (κ3) is 5.28. The standard InChI is InChI=1S/C25H35N7S/c1-6-31-16-23(19(3)27-31)15-29-11-13-30(14-12-29)25(33)26-24-20(4)28-32(21(24)5)17-22-10-8-7-9-18(22)2/h7-10,16H,6,11-15,17H2,1-5H3,(H,26,33). The molecule has 1 fully saturated rings. The molecular weight excluding hydrogens is 430 g/mol. The second kappa shape index (κ2) is 10.1. The number of benzene rings is 1. The minimum Gasteiger partial charge on any atom is -0.346 e. The molecule has 0 bridgehead atoms. The van der Waals surface area contributed by atoms with Crippen molar-refractivity contribution in [3.8, 4) is 0 Å². The van der Waals surface area contributed by atoms with Crippen LogP contribution in [0.15, 0.2) is 30.5 Å². The highest BCUT2D eigenvalue weighted by molar-refractivity contribution is 7.80. The Bertz CT molecular complexity index is 1120. The van der Waals surface area contributed by atoms with Gasteiger partial charge in [0.25, 0.3) is 0 Å². The molecule has 8 heteroatoms. The zero-order valence-corrected chi connectivity index (χ0v) is 21.2. The molecule has 0 saturated carbocycles. The maximum absolute atomic E-state index is 5.79. The van der Waals surface area contributed by atoms with E-state index in [0.29, 0.717) is 0 Å². The van der Waals surface area contributed by atoms with Crippen LogP contribution in [0.5, 0.6) is 0 Å². The zero-order valence-electron chi connectivity index (χ0n) is 20.4. The van der Waals surface area contributed by atoms with E-state index in [9.17, 15) is 0 Å². The Morgan fingerprint density at radius 2 is 1.67 bits per heavy atom. The molecule has 1 aromatic carbocycles. The van der Waals surface area contributed by atoms with Gasteiger partial charge in [-0.1, -0.05) is 24.3 Å². The van der Waals surface area contributed by atoms with Crippen LogP contribution in [0.4, 0.5) is 5.69 Å². The van der Waals surface area contributed by atoms with Gasteiger partial charge in [-0.3, -0.25) is 14.3 Å². The molecule has 0 amide bonds. The van der Waals surface area contributed by atoms with Gasteiger partial charge in [0.15, 0.2) is 5.11 Å². The summed E-state index contributed by atoms with van der Waals surface area (Å²) in [5.74, 6) is 0. The summed E-state index contributed by atoms with van der Waals surface area (Å²) in [4.78, 5) is 4.76. The molecule has 0 radical (unpaired) electrons. The molecule has 3 heterocycles. The SMILES string of the molecule is CCn1cc(CN2CCN(C(=S)Nc3c(C)nn(Cc4ccccc4C)c3C)CC2)c(C)n1. The van der Waals surface area contributed by atoms with Crippen LogP contribution in [-0.4, -0.2) is 60.7 Å². The van der Waals surface area contributed by atoms with Gasteiger partial charge in [0.2, 0.25) is 0 Å². The molecule has 3 aromatic rings. The number of anilines is 1. The Morgan fingerprint density at radius 1 is 0.939 bits per heavy atom. The topological polar surface area (TPSA) is 54.1 Å². The molecule has 1 saturated heterocycles. The Morgan fingerprint density at radius 3 is 2.33 bits per heavy atom. The summed E-state index contributed by atoms with van der Waals surface area (Å²) in [6, 6.07) is 8.47. The molecule has 0 spiro atoms. The molecule has 0 aliphatic carbocycles. The van der Waals surface area contributed by atoms with Crippen LogP contribution in [0, 0.1) is 27.7 Å². The molecule has 33 heavy (non-hydrogen) atoms. The van der Waals surface area contributed by atoms with E-state index >= 15 is 0 Å². The van der Waals surface area contributed by atoms with Crippen LogP contribution in [0.2, 0.25) is 0 Å². The van der Waals surface area contributed by atoms with Gasteiger partial charge in [0.1, 0.15) is 0 Å². The predicted molar refractivity (Wildman–Crippen MR) is 138 cm³/mol. The van der Waals surface area contributed by atoms with Gasteiger partial charge in [-0.2, -0.15) is 10.2 Å². The second-order valence-electron chi connectivity index (χ2n) is 8.92. The summed E-state index contributed by atoms with van der Waals surface area (Å²) >= 11 is 5.79. The lowest BCUT2D eigenvalue weighted by Crippen LogP contribution is -2.49. The Labute approximate surface area is 202 Å². The van der Waals surface area contributed by atoms with Crippen molar-refractivity contribution in [1.29, 1.82) is 0 Å². The fourth-order valence-electron chi connectivity index (χ4n) is 4.39. The first-order valence-electron chi connectivity index (χ1n) is 11.8. The smallest absolute Gasteiger partial charge is 0.173 e. The molecule has 0 atom stereocenters. The van der Waals surface area contributed by atoms with Crippen LogP contribution >= 0.6 is 12.2 Å². The Hall–Kier alpha value is -2.71. The molecule has 1 aliphatic heterocycles. The van der Waals surface area contributed by atoms with Gasteiger partial charge in [-0.15, -0.1) is 0 Å². The van der Waals surface area contributed by atoms with Crippen LogP contribution in [0.1, 0.15) is 40.7 Å². The van der Waals surface area contributed by atoms with E-state index in [0.717, 1.165) is 73.7 Å². The monoisotopic (exact) mass is 465 g/mol. The lowest BCUT2D eigenvalue weighted by atomic mass is 10.1. The highest BCUT2D eigenvalue weighted by Gasteiger charge is 2.22. The first-order chi connectivity index (χ1) is 15.9. The number of aryl methyl sites for hydroxylation is 4. The first-order valence-corrected chi connectivity index (χ1v) is 12.2. The number of hydrogen-bond donors (Lipinski definition) is 1. The van der Waals surface area contributed by atoms with E-state index in [-0.39, 0.29) is 0 Å². The van der Waals surface area contributed by atoms with E-state index in [1.54, 1.807) is 0 Å². The normalized spacial score (nSPS) is 14.6. The van der Waals surface area contributed by atoms with Crippen molar-refractivity contribution in [2.24, 2.45) is 0 Å². The summed E-state index contributed by atoms with van der Waals surface area (Å²) in [7, 11) is 0. The maximum atomic E-state index is 5.79. The van der Waals surface area contributed by atoms with Crippen LogP contribution in [-0.2, 0) is 19.6 Å². The van der Waals surface area contributed by atoms with E-state index < -0.39 is 0 Å². The number of rotatable bonds is 6. The average Bonchev–Trinajstić information content (AvgIpc) is 3.29. The molecule has 2 aromatic heterocycles. The van der Waals surface area contributed by atoms with Gasteiger partial charge in [0, 0.05) is 51.0 Å². The van der Waals surface area contributed by atoms with Gasteiger partial charge < -0.3 is 10.2 Å². The summed E-state index contributed by atoms with van der Waals surface area (Å²) in [6.07, 6.45) is 2.17. The number of thiocarbonyl (C=S) groups is 1. The van der Waals surface area contributed by atoms with Crippen molar-refractivity contribution in [3.63, 3.8) is 0 Å². The third-order valence-corrected chi connectivity index (χ3v) is 6.98. The van der Waals surface area contributed by atoms with E-state index in [4.69, 9.17) is 17.3 Å². The summed E-state index contributed by atoms with van der Waals surface area (Å²) in [5, 5.41) is 13.6. The number of hydrogen-bond acceptors (Lipinski definition) is 4. The molecule has 1 aliphatic rings. The Balaban J connectivity index is 1.35. The molecule has 0 unspecified atom stereocenters. The average molecular weight is 466 g/mol. The zero-order chi connectivity index (χ0) is 23.5. The number of nitrogens with zero attached hydrogens (tertiary/aromatic N) is 6. The quantitative estimate of drug-likeness (QED) is 0.558.